The molecule has 2 atom stereocenters. The summed E-state index contributed by atoms with van der Waals surface area (Å²) in [7, 11) is 3.28. The first kappa shape index (κ1) is 14.7. The van der Waals surface area contributed by atoms with E-state index in [2.05, 4.69) is 5.32 Å². The zero-order valence-electron chi connectivity index (χ0n) is 12.3. The maximum absolute atomic E-state index is 11.1. The second-order valence-electron chi connectivity index (χ2n) is 5.18. The largest absolute Gasteiger partial charge is 0.496 e. The normalized spacial score (nSPS) is 21.8. The van der Waals surface area contributed by atoms with Crippen molar-refractivity contribution in [3.8, 4) is 11.5 Å². The third kappa shape index (κ3) is 2.45. The van der Waals surface area contributed by atoms with Crippen molar-refractivity contribution in [1.82, 2.24) is 5.32 Å². The molecular weight excluding hydrogens is 258 g/mol. The molecule has 1 aromatic rings. The molecule has 2 rings (SSSR count). The van der Waals surface area contributed by atoms with Gasteiger partial charge in [0.2, 0.25) is 0 Å². The van der Waals surface area contributed by atoms with E-state index in [1.54, 1.807) is 14.2 Å². The summed E-state index contributed by atoms with van der Waals surface area (Å²) >= 11 is 0. The average Bonchev–Trinajstić information content (AvgIpc) is 2.91. The first-order valence-electron chi connectivity index (χ1n) is 6.67. The summed E-state index contributed by atoms with van der Waals surface area (Å²) in [6.45, 7) is 4.46. The first-order valence-corrected chi connectivity index (χ1v) is 6.67. The van der Waals surface area contributed by atoms with Gasteiger partial charge in [-0.1, -0.05) is 0 Å². The van der Waals surface area contributed by atoms with Crippen LogP contribution in [-0.2, 0) is 4.79 Å². The zero-order chi connectivity index (χ0) is 14.9. The Morgan fingerprint density at radius 1 is 1.30 bits per heavy atom. The quantitative estimate of drug-likeness (QED) is 0.883. The van der Waals surface area contributed by atoms with Crippen molar-refractivity contribution in [2.45, 2.75) is 26.3 Å². The minimum atomic E-state index is -0.755. The molecule has 5 heteroatoms. The Bertz CT molecular complexity index is 527. The Kier molecular flexibility index (Phi) is 4.18. The standard InChI is InChI=1S/C15H21NO4/c1-8-9(2)14(20-4)11(6-13(8)19-3)12-5-10(7-16-12)15(17)18/h6,10,12,16H,5,7H2,1-4H3,(H,17,18). The van der Waals surface area contributed by atoms with E-state index in [0.29, 0.717) is 13.0 Å². The number of hydrogen-bond donors (Lipinski definition) is 2. The minimum Gasteiger partial charge on any atom is -0.496 e. The van der Waals surface area contributed by atoms with E-state index in [4.69, 9.17) is 14.6 Å². The van der Waals surface area contributed by atoms with Crippen LogP contribution in [0, 0.1) is 19.8 Å². The number of benzene rings is 1. The van der Waals surface area contributed by atoms with E-state index in [1.165, 1.54) is 0 Å². The lowest BCUT2D eigenvalue weighted by Crippen LogP contribution is -2.17. The number of methoxy groups -OCH3 is 2. The SMILES string of the molecule is COc1cc(C2CC(C(=O)O)CN2)c(OC)c(C)c1C. The van der Waals surface area contributed by atoms with Crippen LogP contribution in [-0.4, -0.2) is 31.8 Å². The van der Waals surface area contributed by atoms with E-state index >= 15 is 0 Å². The fourth-order valence-corrected chi connectivity index (χ4v) is 2.79. The number of ether oxygens (including phenoxy) is 2. The van der Waals surface area contributed by atoms with Gasteiger partial charge in [-0.15, -0.1) is 0 Å². The Labute approximate surface area is 118 Å². The van der Waals surface area contributed by atoms with Crippen LogP contribution in [0.25, 0.3) is 0 Å². The van der Waals surface area contributed by atoms with Crippen molar-refractivity contribution >= 4 is 5.97 Å². The van der Waals surface area contributed by atoms with Crippen LogP contribution in [0.2, 0.25) is 0 Å². The highest BCUT2D eigenvalue weighted by Gasteiger charge is 2.32. The van der Waals surface area contributed by atoms with Gasteiger partial charge in [0.05, 0.1) is 20.1 Å². The highest BCUT2D eigenvalue weighted by Crippen LogP contribution is 2.40. The fraction of sp³-hybridized carbons (Fsp3) is 0.533. The van der Waals surface area contributed by atoms with E-state index in [9.17, 15) is 4.79 Å². The van der Waals surface area contributed by atoms with Crippen LogP contribution >= 0.6 is 0 Å². The molecule has 0 bridgehead atoms. The highest BCUT2D eigenvalue weighted by molar-refractivity contribution is 5.71. The van der Waals surface area contributed by atoms with Gasteiger partial charge >= 0.3 is 5.97 Å². The minimum absolute atomic E-state index is 0.0146. The molecule has 0 spiro atoms. The van der Waals surface area contributed by atoms with Gasteiger partial charge in [-0.05, 0) is 37.5 Å². The number of aliphatic carboxylic acids is 1. The average molecular weight is 279 g/mol. The number of carboxylic acid groups (broad SMARTS) is 1. The van der Waals surface area contributed by atoms with E-state index in [1.807, 2.05) is 19.9 Å². The monoisotopic (exact) mass is 279 g/mol. The van der Waals surface area contributed by atoms with Crippen molar-refractivity contribution in [3.63, 3.8) is 0 Å². The Morgan fingerprint density at radius 3 is 2.50 bits per heavy atom. The van der Waals surface area contributed by atoms with Gasteiger partial charge in [0.25, 0.3) is 0 Å². The maximum Gasteiger partial charge on any atom is 0.307 e. The van der Waals surface area contributed by atoms with Crippen LogP contribution in [0.4, 0.5) is 0 Å². The van der Waals surface area contributed by atoms with E-state index < -0.39 is 5.97 Å². The molecule has 2 unspecified atom stereocenters. The van der Waals surface area contributed by atoms with Crippen molar-refractivity contribution < 1.29 is 19.4 Å². The molecule has 0 aliphatic carbocycles. The lowest BCUT2D eigenvalue weighted by molar-refractivity contribution is -0.141. The molecule has 0 amide bonds. The Hall–Kier alpha value is -1.75. The van der Waals surface area contributed by atoms with E-state index in [-0.39, 0.29) is 12.0 Å². The summed E-state index contributed by atoms with van der Waals surface area (Å²) < 4.78 is 10.9. The second kappa shape index (κ2) is 5.71. The van der Waals surface area contributed by atoms with Gasteiger partial charge in [-0.25, -0.2) is 0 Å². The lowest BCUT2D eigenvalue weighted by Gasteiger charge is -2.20. The molecule has 20 heavy (non-hydrogen) atoms. The summed E-state index contributed by atoms with van der Waals surface area (Å²) in [5, 5.41) is 12.4. The predicted molar refractivity (Wildman–Crippen MR) is 75.5 cm³/mol. The number of nitrogens with one attached hydrogen (secondary N) is 1. The lowest BCUT2D eigenvalue weighted by atomic mass is 9.95. The Morgan fingerprint density at radius 2 is 2.00 bits per heavy atom. The first-order chi connectivity index (χ1) is 9.49. The van der Waals surface area contributed by atoms with Gasteiger partial charge in [-0.3, -0.25) is 4.79 Å². The molecule has 1 aromatic carbocycles. The maximum atomic E-state index is 11.1. The molecule has 0 aromatic heterocycles. The fourth-order valence-electron chi connectivity index (χ4n) is 2.79. The summed E-state index contributed by atoms with van der Waals surface area (Å²) in [6.07, 6.45) is 0.567. The van der Waals surface area contributed by atoms with Crippen LogP contribution in [0.3, 0.4) is 0 Å². The van der Waals surface area contributed by atoms with Gasteiger partial charge in [0, 0.05) is 18.2 Å². The van der Waals surface area contributed by atoms with Crippen LogP contribution in [0.15, 0.2) is 6.07 Å². The van der Waals surface area contributed by atoms with Gasteiger partial charge in [0.15, 0.2) is 0 Å². The highest BCUT2D eigenvalue weighted by atomic mass is 16.5. The summed E-state index contributed by atoms with van der Waals surface area (Å²) in [4.78, 5) is 11.1. The molecule has 1 saturated heterocycles. The van der Waals surface area contributed by atoms with Gasteiger partial charge in [0.1, 0.15) is 11.5 Å². The molecule has 5 nitrogen and oxygen atoms in total. The zero-order valence-corrected chi connectivity index (χ0v) is 12.3. The van der Waals surface area contributed by atoms with Crippen LogP contribution < -0.4 is 14.8 Å². The van der Waals surface area contributed by atoms with Gasteiger partial charge in [-0.2, -0.15) is 0 Å². The molecule has 1 fully saturated rings. The van der Waals surface area contributed by atoms with Crippen LogP contribution in [0.5, 0.6) is 11.5 Å². The van der Waals surface area contributed by atoms with Crippen molar-refractivity contribution in [2.75, 3.05) is 20.8 Å². The second-order valence-corrected chi connectivity index (χ2v) is 5.18. The number of hydrogen-bond acceptors (Lipinski definition) is 4. The molecule has 0 saturated carbocycles. The Balaban J connectivity index is 2.41. The van der Waals surface area contributed by atoms with Crippen molar-refractivity contribution in [3.05, 3.63) is 22.8 Å². The van der Waals surface area contributed by atoms with E-state index in [0.717, 1.165) is 28.2 Å². The number of rotatable bonds is 4. The van der Waals surface area contributed by atoms with Crippen molar-refractivity contribution in [2.24, 2.45) is 5.92 Å². The molecule has 110 valence electrons. The number of carbonyl (C=O) groups is 1. The molecule has 1 aliphatic heterocycles. The van der Waals surface area contributed by atoms with Gasteiger partial charge < -0.3 is 19.9 Å². The third-order valence-corrected chi connectivity index (χ3v) is 4.10. The molecular formula is C15H21NO4. The number of carboxylic acids is 1. The van der Waals surface area contributed by atoms with Crippen molar-refractivity contribution in [1.29, 1.82) is 0 Å². The molecule has 1 heterocycles. The smallest absolute Gasteiger partial charge is 0.307 e. The summed E-state index contributed by atoms with van der Waals surface area (Å²) in [5.41, 5.74) is 3.04. The van der Waals surface area contributed by atoms with Crippen LogP contribution in [0.1, 0.15) is 29.2 Å². The third-order valence-electron chi connectivity index (χ3n) is 4.10. The summed E-state index contributed by atoms with van der Waals surface area (Å²) in [6, 6.07) is 1.93. The molecule has 2 N–H and O–H groups in total. The molecule has 0 radical (unpaired) electrons. The molecule has 1 aliphatic rings. The topological polar surface area (TPSA) is 67.8 Å². The summed E-state index contributed by atoms with van der Waals surface area (Å²) in [5.74, 6) is 0.512. The predicted octanol–water partition coefficient (Wildman–Crippen LogP) is 2.06.